The number of nitrogens with zero attached hydrogens (tertiary/aromatic N) is 2. The number of primary amides is 1. The van der Waals surface area contributed by atoms with Gasteiger partial charge in [-0.2, -0.15) is 0 Å². The number of nitrogens with two attached hydrogens (primary N) is 1. The first-order valence-corrected chi connectivity index (χ1v) is 13.6. The van der Waals surface area contributed by atoms with E-state index in [0.717, 1.165) is 38.6 Å². The van der Waals surface area contributed by atoms with Gasteiger partial charge in [-0.3, -0.25) is 9.59 Å². The molecular weight excluding hydrogens is 538 g/mol. The summed E-state index contributed by atoms with van der Waals surface area (Å²) in [4.78, 5) is 25.8. The van der Waals surface area contributed by atoms with Crippen LogP contribution in [0.15, 0.2) is 85.1 Å². The van der Waals surface area contributed by atoms with Gasteiger partial charge in [0.2, 0.25) is 0 Å². The van der Waals surface area contributed by atoms with Gasteiger partial charge in [0.1, 0.15) is 11.5 Å². The first kappa shape index (κ1) is 26.0. The highest BCUT2D eigenvalue weighted by Gasteiger charge is 2.20. The SMILES string of the molecule is COc1cc(-c2ccc3c(c2)Nc2ccc(CCOc4ccc(-c5cnns5)cc4)cc2NC3=O)ccc1C(N)=O. The summed E-state index contributed by atoms with van der Waals surface area (Å²) in [5.41, 5.74) is 12.2. The van der Waals surface area contributed by atoms with Crippen molar-refractivity contribution in [1.29, 1.82) is 0 Å². The molecule has 41 heavy (non-hydrogen) atoms. The predicted octanol–water partition coefficient (Wildman–Crippen LogP) is 5.91. The Bertz CT molecular complexity index is 1750. The minimum Gasteiger partial charge on any atom is -0.496 e. The van der Waals surface area contributed by atoms with Crippen LogP contribution >= 0.6 is 11.5 Å². The summed E-state index contributed by atoms with van der Waals surface area (Å²) in [6.45, 7) is 0.489. The van der Waals surface area contributed by atoms with Gasteiger partial charge in [0.15, 0.2) is 0 Å². The van der Waals surface area contributed by atoms with Gasteiger partial charge in [0.25, 0.3) is 11.8 Å². The van der Waals surface area contributed by atoms with Crippen LogP contribution in [0.2, 0.25) is 0 Å². The number of hydrogen-bond donors (Lipinski definition) is 3. The summed E-state index contributed by atoms with van der Waals surface area (Å²) in [6, 6.07) is 24.5. The van der Waals surface area contributed by atoms with Gasteiger partial charge in [-0.15, -0.1) is 5.10 Å². The van der Waals surface area contributed by atoms with Crippen molar-refractivity contribution >= 4 is 40.4 Å². The molecule has 6 rings (SSSR count). The van der Waals surface area contributed by atoms with Gasteiger partial charge >= 0.3 is 0 Å². The summed E-state index contributed by atoms with van der Waals surface area (Å²) in [6.07, 6.45) is 2.41. The Morgan fingerprint density at radius 1 is 0.878 bits per heavy atom. The molecule has 0 aliphatic carbocycles. The quantitative estimate of drug-likeness (QED) is 0.214. The fourth-order valence-electron chi connectivity index (χ4n) is 4.69. The molecule has 0 radical (unpaired) electrons. The summed E-state index contributed by atoms with van der Waals surface area (Å²) in [5.74, 6) is 0.409. The van der Waals surface area contributed by atoms with Crippen LogP contribution in [0.3, 0.4) is 0 Å². The minimum absolute atomic E-state index is 0.205. The number of anilines is 3. The standard InChI is InChI=1S/C31H25N5O4S/c1-39-28-16-21(6-10-24(28)30(32)37)20-5-9-23-26(15-20)34-25-11-2-18(14-27(25)35-31(23)38)12-13-40-22-7-3-19(4-8-22)29-17-33-36-41-29/h2-11,14-17,34H,12-13H2,1H3,(H2,32,37)(H,35,38). The molecule has 204 valence electrons. The highest BCUT2D eigenvalue weighted by atomic mass is 32.1. The lowest BCUT2D eigenvalue weighted by atomic mass is 10.00. The highest BCUT2D eigenvalue weighted by molar-refractivity contribution is 7.09. The lowest BCUT2D eigenvalue weighted by Crippen LogP contribution is -2.12. The molecule has 9 nitrogen and oxygen atoms in total. The lowest BCUT2D eigenvalue weighted by Gasteiger charge is -2.13. The van der Waals surface area contributed by atoms with E-state index in [1.54, 1.807) is 30.5 Å². The smallest absolute Gasteiger partial charge is 0.257 e. The van der Waals surface area contributed by atoms with Crippen LogP contribution in [-0.2, 0) is 6.42 Å². The van der Waals surface area contributed by atoms with Crippen molar-refractivity contribution in [3.05, 3.63) is 102 Å². The van der Waals surface area contributed by atoms with E-state index in [1.807, 2.05) is 54.6 Å². The van der Waals surface area contributed by atoms with Crippen molar-refractivity contribution in [2.75, 3.05) is 24.4 Å². The maximum absolute atomic E-state index is 13.1. The lowest BCUT2D eigenvalue weighted by molar-refractivity contribution is 0.0995. The van der Waals surface area contributed by atoms with Crippen molar-refractivity contribution in [3.63, 3.8) is 0 Å². The van der Waals surface area contributed by atoms with Crippen LogP contribution in [0.4, 0.5) is 17.1 Å². The Morgan fingerprint density at radius 2 is 1.66 bits per heavy atom. The van der Waals surface area contributed by atoms with Crippen molar-refractivity contribution in [2.45, 2.75) is 6.42 Å². The fourth-order valence-corrected chi connectivity index (χ4v) is 5.21. The Labute approximate surface area is 240 Å². The number of carbonyl (C=O) groups is 2. The molecule has 5 aromatic rings. The minimum atomic E-state index is -0.560. The average Bonchev–Trinajstić information content (AvgIpc) is 3.49. The molecule has 4 N–H and O–H groups in total. The second-order valence-corrected chi connectivity index (χ2v) is 10.2. The largest absolute Gasteiger partial charge is 0.496 e. The number of benzene rings is 4. The zero-order valence-electron chi connectivity index (χ0n) is 22.0. The summed E-state index contributed by atoms with van der Waals surface area (Å²) < 4.78 is 15.2. The normalized spacial score (nSPS) is 11.9. The number of nitrogens with one attached hydrogen (secondary N) is 2. The van der Waals surface area contributed by atoms with Crippen LogP contribution < -0.4 is 25.8 Å². The van der Waals surface area contributed by atoms with Crippen LogP contribution in [0.1, 0.15) is 26.3 Å². The summed E-state index contributed by atoms with van der Waals surface area (Å²) >= 11 is 1.35. The van der Waals surface area contributed by atoms with Gasteiger partial charge in [-0.1, -0.05) is 22.7 Å². The maximum atomic E-state index is 13.1. The third-order valence-corrected chi connectivity index (χ3v) is 7.54. The second kappa shape index (κ2) is 11.1. The Kier molecular flexibility index (Phi) is 7.05. The number of carbonyl (C=O) groups excluding carboxylic acids is 2. The highest BCUT2D eigenvalue weighted by Crippen LogP contribution is 2.36. The molecule has 0 bridgehead atoms. The molecule has 2 amide bonds. The van der Waals surface area contributed by atoms with Crippen LogP contribution in [0.25, 0.3) is 21.6 Å². The number of amides is 2. The van der Waals surface area contributed by atoms with E-state index < -0.39 is 5.91 Å². The molecule has 0 atom stereocenters. The zero-order valence-corrected chi connectivity index (χ0v) is 22.8. The van der Waals surface area contributed by atoms with Crippen LogP contribution in [-0.4, -0.2) is 35.1 Å². The number of methoxy groups -OCH3 is 1. The van der Waals surface area contributed by atoms with Crippen LogP contribution in [0.5, 0.6) is 11.5 Å². The molecule has 4 aromatic carbocycles. The molecular formula is C31H25N5O4S. The van der Waals surface area contributed by atoms with Gasteiger partial charge in [-0.05, 0) is 94.4 Å². The van der Waals surface area contributed by atoms with E-state index in [4.69, 9.17) is 15.2 Å². The summed E-state index contributed by atoms with van der Waals surface area (Å²) in [5, 5.41) is 10.3. The van der Waals surface area contributed by atoms with Gasteiger partial charge in [0.05, 0.1) is 53.0 Å². The molecule has 0 saturated carbocycles. The molecule has 0 fully saturated rings. The Morgan fingerprint density at radius 3 is 2.41 bits per heavy atom. The number of hydrogen-bond acceptors (Lipinski definition) is 8. The Balaban J connectivity index is 1.16. The van der Waals surface area contributed by atoms with E-state index in [-0.39, 0.29) is 5.91 Å². The molecule has 1 aromatic heterocycles. The summed E-state index contributed by atoms with van der Waals surface area (Å²) in [7, 11) is 1.49. The van der Waals surface area contributed by atoms with Crippen molar-refractivity contribution < 1.29 is 19.1 Å². The van der Waals surface area contributed by atoms with E-state index in [1.165, 1.54) is 18.6 Å². The van der Waals surface area contributed by atoms with E-state index in [9.17, 15) is 9.59 Å². The number of fused-ring (bicyclic) bond motifs is 2. The maximum Gasteiger partial charge on any atom is 0.257 e. The molecule has 1 aliphatic heterocycles. The first-order valence-electron chi connectivity index (χ1n) is 12.8. The molecule has 1 aliphatic rings. The Hall–Kier alpha value is -5.22. The number of rotatable bonds is 8. The topological polar surface area (TPSA) is 128 Å². The second-order valence-electron chi connectivity index (χ2n) is 9.40. The monoisotopic (exact) mass is 563 g/mol. The van der Waals surface area contributed by atoms with Crippen LogP contribution in [0, 0.1) is 0 Å². The molecule has 0 unspecified atom stereocenters. The van der Waals surface area contributed by atoms with Gasteiger partial charge < -0.3 is 25.8 Å². The first-order chi connectivity index (χ1) is 20.0. The predicted molar refractivity (Wildman–Crippen MR) is 159 cm³/mol. The van der Waals surface area contributed by atoms with Gasteiger partial charge in [0, 0.05) is 6.42 Å². The molecule has 10 heteroatoms. The number of ether oxygens (including phenoxy) is 2. The van der Waals surface area contributed by atoms with E-state index >= 15 is 0 Å². The number of aromatic nitrogens is 2. The molecule has 0 saturated heterocycles. The molecule has 0 spiro atoms. The van der Waals surface area contributed by atoms with Gasteiger partial charge in [-0.25, -0.2) is 0 Å². The average molecular weight is 564 g/mol. The van der Waals surface area contributed by atoms with Crippen molar-refractivity contribution in [2.24, 2.45) is 5.73 Å². The fraction of sp³-hybridized carbons (Fsp3) is 0.0968. The van der Waals surface area contributed by atoms with Crippen molar-refractivity contribution in [3.8, 4) is 33.1 Å². The third-order valence-electron chi connectivity index (χ3n) is 6.83. The molecule has 2 heterocycles. The van der Waals surface area contributed by atoms with E-state index in [2.05, 4.69) is 20.2 Å². The zero-order chi connectivity index (χ0) is 28.3. The van der Waals surface area contributed by atoms with Crippen molar-refractivity contribution in [1.82, 2.24) is 9.59 Å². The third kappa shape index (κ3) is 5.45. The van der Waals surface area contributed by atoms with E-state index in [0.29, 0.717) is 41.3 Å².